The van der Waals surface area contributed by atoms with Gasteiger partial charge in [-0.2, -0.15) is 10.2 Å². The molecule has 3 aliphatic carbocycles. The molecule has 6 N–H and O–H groups in total. The van der Waals surface area contributed by atoms with Crippen LogP contribution in [0.15, 0.2) is 30.5 Å². The maximum absolute atomic E-state index is 10.00. The summed E-state index contributed by atoms with van der Waals surface area (Å²) in [7, 11) is 0. The van der Waals surface area contributed by atoms with Crippen LogP contribution in [0, 0.1) is 29.1 Å². The Morgan fingerprint density at radius 1 is 1.03 bits per heavy atom. The Kier molecular flexibility index (Phi) is 7.88. The zero-order chi connectivity index (χ0) is 24.9. The van der Waals surface area contributed by atoms with Crippen molar-refractivity contribution in [1.29, 1.82) is 5.26 Å². The van der Waals surface area contributed by atoms with Crippen molar-refractivity contribution >= 4 is 11.8 Å². The third-order valence-corrected chi connectivity index (χ3v) is 8.53. The van der Waals surface area contributed by atoms with Crippen molar-refractivity contribution in [2.45, 2.75) is 82.5 Å². The number of hydrogen-bond acceptors (Lipinski definition) is 8. The second-order valence-corrected chi connectivity index (χ2v) is 11.0. The van der Waals surface area contributed by atoms with Gasteiger partial charge >= 0.3 is 0 Å². The van der Waals surface area contributed by atoms with E-state index < -0.39 is 0 Å². The number of benzene rings is 1. The number of rotatable bonds is 8. The average Bonchev–Trinajstić information content (AvgIpc) is 2.88. The molecule has 3 fully saturated rings. The third kappa shape index (κ3) is 5.91. The zero-order valence-electron chi connectivity index (χ0n) is 21.0. The Morgan fingerprint density at radius 2 is 1.78 bits per heavy atom. The van der Waals surface area contributed by atoms with Gasteiger partial charge in [0.25, 0.3) is 0 Å². The van der Waals surface area contributed by atoms with Gasteiger partial charge in [0.05, 0.1) is 6.20 Å². The lowest BCUT2D eigenvalue weighted by atomic mass is 9.64. The number of hydrogen-bond donors (Lipinski definition) is 5. The van der Waals surface area contributed by atoms with Crippen molar-refractivity contribution in [1.82, 2.24) is 15.3 Å². The predicted octanol–water partition coefficient (Wildman–Crippen LogP) is 4.13. The average molecular weight is 490 g/mol. The lowest BCUT2D eigenvalue weighted by Crippen LogP contribution is -2.54. The van der Waals surface area contributed by atoms with E-state index in [1.54, 1.807) is 18.3 Å². The van der Waals surface area contributed by atoms with E-state index in [4.69, 9.17) is 5.73 Å². The molecule has 2 aromatic rings. The first-order valence-electron chi connectivity index (χ1n) is 13.6. The number of fused-ring (bicyclic) bond motifs is 2. The molecule has 1 unspecified atom stereocenters. The van der Waals surface area contributed by atoms with Gasteiger partial charge in [0, 0.05) is 36.8 Å². The molecule has 8 nitrogen and oxygen atoms in total. The van der Waals surface area contributed by atoms with Gasteiger partial charge in [-0.15, -0.1) is 0 Å². The molecule has 1 aromatic heterocycles. The molecule has 3 saturated carbocycles. The third-order valence-electron chi connectivity index (χ3n) is 8.53. The second kappa shape index (κ2) is 11.4. The van der Waals surface area contributed by atoms with E-state index >= 15 is 0 Å². The number of aromatic nitrogens is 2. The minimum Gasteiger partial charge on any atom is -0.508 e. The number of phenolic OH excluding ortho intramolecular Hbond substituents is 1. The lowest BCUT2D eigenvalue weighted by molar-refractivity contribution is 0.0750. The molecule has 1 aromatic carbocycles. The number of nitriles is 1. The van der Waals surface area contributed by atoms with E-state index in [9.17, 15) is 10.4 Å². The van der Waals surface area contributed by atoms with E-state index in [0.29, 0.717) is 47.9 Å². The summed E-state index contributed by atoms with van der Waals surface area (Å²) in [6.45, 7) is 1.23. The molecule has 0 amide bonds. The molecule has 0 spiro atoms. The smallest absolute Gasteiger partial charge is 0.224 e. The number of anilines is 2. The Morgan fingerprint density at radius 3 is 2.50 bits per heavy atom. The Hall–Kier alpha value is -2.89. The normalized spacial score (nSPS) is 29.8. The summed E-state index contributed by atoms with van der Waals surface area (Å²) in [6.07, 6.45) is 12.7. The van der Waals surface area contributed by atoms with Crippen LogP contribution < -0.4 is 21.7 Å². The first-order valence-corrected chi connectivity index (χ1v) is 13.6. The predicted molar refractivity (Wildman–Crippen MR) is 141 cm³/mol. The summed E-state index contributed by atoms with van der Waals surface area (Å²) in [5, 5.41) is 30.3. The SMILES string of the molecule is N#Cc1cnc(NCc2ccccc2O)nc1NCC1C[C@H]2CCC[C@@H](C1)[C@@H]2N[C@H]1CC[C@@H](N)CC1. The minimum atomic E-state index is 0.236. The molecule has 4 atom stereocenters. The monoisotopic (exact) mass is 489 g/mol. The van der Waals surface area contributed by atoms with Gasteiger partial charge in [-0.25, -0.2) is 4.98 Å². The molecule has 0 aliphatic heterocycles. The molecule has 2 bridgehead atoms. The van der Waals surface area contributed by atoms with Crippen LogP contribution in [0.4, 0.5) is 11.8 Å². The highest BCUT2D eigenvalue weighted by Crippen LogP contribution is 2.43. The number of phenols is 1. The fourth-order valence-corrected chi connectivity index (χ4v) is 6.62. The highest BCUT2D eigenvalue weighted by atomic mass is 16.3. The van der Waals surface area contributed by atoms with E-state index in [1.165, 1.54) is 44.9 Å². The first-order chi connectivity index (χ1) is 17.6. The molecule has 1 heterocycles. The van der Waals surface area contributed by atoms with Crippen LogP contribution in [0.2, 0.25) is 0 Å². The van der Waals surface area contributed by atoms with Gasteiger partial charge in [-0.3, -0.25) is 0 Å². The van der Waals surface area contributed by atoms with Crippen LogP contribution in [0.1, 0.15) is 68.9 Å². The molecule has 3 aliphatic rings. The summed E-state index contributed by atoms with van der Waals surface area (Å²) in [5.41, 5.74) is 7.35. The number of nitrogens with zero attached hydrogens (tertiary/aromatic N) is 3. The lowest BCUT2D eigenvalue weighted by Gasteiger charge is -2.48. The van der Waals surface area contributed by atoms with Crippen molar-refractivity contribution in [3.8, 4) is 11.8 Å². The van der Waals surface area contributed by atoms with E-state index in [2.05, 4.69) is 32.0 Å². The standard InChI is InChI=1S/C28H39N7O/c29-14-22-17-33-28(32-16-21-4-1-2-7-25(21)36)35-27(22)31-15-18-12-19-5-3-6-20(13-18)26(19)34-24-10-8-23(30)9-11-24/h1-2,4,7,17-20,23-24,26,34,36H,3,5-6,8-13,15-16,30H2,(H2,31,32,33,35)/t18?,19-,20+,23-,24+,26-. The zero-order valence-corrected chi connectivity index (χ0v) is 21.0. The Labute approximate surface area is 214 Å². The van der Waals surface area contributed by atoms with Gasteiger partial charge in [-0.1, -0.05) is 24.6 Å². The van der Waals surface area contributed by atoms with Crippen molar-refractivity contribution in [3.63, 3.8) is 0 Å². The van der Waals surface area contributed by atoms with Crippen molar-refractivity contribution < 1.29 is 5.11 Å². The summed E-state index contributed by atoms with van der Waals surface area (Å²) in [4.78, 5) is 8.87. The summed E-state index contributed by atoms with van der Waals surface area (Å²) in [6, 6.07) is 11.1. The highest BCUT2D eigenvalue weighted by molar-refractivity contribution is 5.53. The van der Waals surface area contributed by atoms with Crippen LogP contribution in [0.3, 0.4) is 0 Å². The largest absolute Gasteiger partial charge is 0.508 e. The fourth-order valence-electron chi connectivity index (χ4n) is 6.62. The molecule has 36 heavy (non-hydrogen) atoms. The molecular formula is C28H39N7O. The number of nitrogens with two attached hydrogens (primary N) is 1. The van der Waals surface area contributed by atoms with Crippen LogP contribution in [0.5, 0.6) is 5.75 Å². The molecule has 5 rings (SSSR count). The van der Waals surface area contributed by atoms with E-state index in [1.807, 2.05) is 12.1 Å². The highest BCUT2D eigenvalue weighted by Gasteiger charge is 2.41. The van der Waals surface area contributed by atoms with Gasteiger partial charge < -0.3 is 26.8 Å². The van der Waals surface area contributed by atoms with Crippen LogP contribution in [0.25, 0.3) is 0 Å². The molecular weight excluding hydrogens is 450 g/mol. The summed E-state index contributed by atoms with van der Waals surface area (Å²) < 4.78 is 0. The number of para-hydroxylation sites is 1. The molecule has 8 heteroatoms. The maximum atomic E-state index is 10.00. The number of aromatic hydroxyl groups is 1. The van der Waals surface area contributed by atoms with Gasteiger partial charge in [0.15, 0.2) is 0 Å². The van der Waals surface area contributed by atoms with Crippen molar-refractivity contribution in [2.24, 2.45) is 23.5 Å². The Balaban J connectivity index is 1.18. The quantitative estimate of drug-likeness (QED) is 0.374. The van der Waals surface area contributed by atoms with Gasteiger partial charge in [0.1, 0.15) is 23.2 Å². The van der Waals surface area contributed by atoms with Crippen molar-refractivity contribution in [2.75, 3.05) is 17.2 Å². The summed E-state index contributed by atoms with van der Waals surface area (Å²) in [5.74, 6) is 3.30. The summed E-state index contributed by atoms with van der Waals surface area (Å²) >= 11 is 0. The minimum absolute atomic E-state index is 0.236. The first kappa shape index (κ1) is 24.8. The second-order valence-electron chi connectivity index (χ2n) is 11.0. The van der Waals surface area contributed by atoms with Crippen LogP contribution in [-0.4, -0.2) is 39.7 Å². The van der Waals surface area contributed by atoms with Crippen LogP contribution >= 0.6 is 0 Å². The molecule has 192 valence electrons. The van der Waals surface area contributed by atoms with E-state index in [-0.39, 0.29) is 5.75 Å². The van der Waals surface area contributed by atoms with Crippen molar-refractivity contribution in [3.05, 3.63) is 41.6 Å². The number of nitrogens with one attached hydrogen (secondary N) is 3. The molecule has 0 saturated heterocycles. The Bertz CT molecular complexity index is 1050. The van der Waals surface area contributed by atoms with E-state index in [0.717, 1.165) is 36.8 Å². The maximum Gasteiger partial charge on any atom is 0.224 e. The van der Waals surface area contributed by atoms with Gasteiger partial charge in [-0.05, 0) is 75.2 Å². The van der Waals surface area contributed by atoms with Crippen LogP contribution in [-0.2, 0) is 6.54 Å². The van der Waals surface area contributed by atoms with Gasteiger partial charge in [0.2, 0.25) is 5.95 Å². The fraction of sp³-hybridized carbons (Fsp3) is 0.607. The molecule has 0 radical (unpaired) electrons. The topological polar surface area (TPSA) is 132 Å².